The fourth-order valence-corrected chi connectivity index (χ4v) is 3.77. The highest BCUT2D eigenvalue weighted by molar-refractivity contribution is 7.89. The van der Waals surface area contributed by atoms with Gasteiger partial charge in [-0.15, -0.1) is 0 Å². The van der Waals surface area contributed by atoms with E-state index in [2.05, 4.69) is 20.3 Å². The molecule has 0 radical (unpaired) electrons. The van der Waals surface area contributed by atoms with Crippen molar-refractivity contribution in [2.24, 2.45) is 4.99 Å². The highest BCUT2D eigenvalue weighted by Gasteiger charge is 2.17. The SMILES string of the molecule is CN=C(NCCS(=O)(=O)NCC1CCCCO1)NCC(C)Oc1ccc(F)cc1. The van der Waals surface area contributed by atoms with Crippen molar-refractivity contribution in [1.29, 1.82) is 0 Å². The van der Waals surface area contributed by atoms with E-state index >= 15 is 0 Å². The molecule has 2 unspecified atom stereocenters. The molecule has 0 aromatic heterocycles. The van der Waals surface area contributed by atoms with Gasteiger partial charge in [-0.3, -0.25) is 4.99 Å². The van der Waals surface area contributed by atoms with Crippen LogP contribution in [0.5, 0.6) is 5.75 Å². The molecule has 2 rings (SSSR count). The maximum absolute atomic E-state index is 12.9. The van der Waals surface area contributed by atoms with E-state index in [0.29, 0.717) is 31.4 Å². The van der Waals surface area contributed by atoms with E-state index in [-0.39, 0.29) is 30.3 Å². The number of guanidine groups is 1. The van der Waals surface area contributed by atoms with E-state index in [0.717, 1.165) is 19.3 Å². The van der Waals surface area contributed by atoms with E-state index in [4.69, 9.17) is 9.47 Å². The van der Waals surface area contributed by atoms with Crippen LogP contribution in [0.2, 0.25) is 0 Å². The molecule has 0 spiro atoms. The molecule has 1 aliphatic rings. The van der Waals surface area contributed by atoms with Gasteiger partial charge in [0.25, 0.3) is 0 Å². The van der Waals surface area contributed by atoms with Crippen LogP contribution in [0.3, 0.4) is 0 Å². The van der Waals surface area contributed by atoms with Crippen LogP contribution in [0.1, 0.15) is 26.2 Å². The number of sulfonamides is 1. The highest BCUT2D eigenvalue weighted by Crippen LogP contribution is 2.13. The predicted molar refractivity (Wildman–Crippen MR) is 111 cm³/mol. The number of halogens is 1. The lowest BCUT2D eigenvalue weighted by Gasteiger charge is -2.22. The Balaban J connectivity index is 1.65. The maximum Gasteiger partial charge on any atom is 0.213 e. The highest BCUT2D eigenvalue weighted by atomic mass is 32.2. The van der Waals surface area contributed by atoms with E-state index in [1.165, 1.54) is 12.1 Å². The third-order valence-corrected chi connectivity index (χ3v) is 5.75. The molecule has 0 aliphatic carbocycles. The maximum atomic E-state index is 12.9. The van der Waals surface area contributed by atoms with Gasteiger partial charge < -0.3 is 20.1 Å². The zero-order valence-electron chi connectivity index (χ0n) is 17.0. The van der Waals surface area contributed by atoms with Crippen molar-refractivity contribution in [1.82, 2.24) is 15.4 Å². The topological polar surface area (TPSA) is 101 Å². The summed E-state index contributed by atoms with van der Waals surface area (Å²) >= 11 is 0. The molecule has 10 heteroatoms. The molecule has 3 N–H and O–H groups in total. The molecule has 1 heterocycles. The number of hydrogen-bond donors (Lipinski definition) is 3. The van der Waals surface area contributed by atoms with Crippen molar-refractivity contribution < 1.29 is 22.3 Å². The molecule has 1 aromatic carbocycles. The van der Waals surface area contributed by atoms with Crippen LogP contribution in [-0.2, 0) is 14.8 Å². The minimum atomic E-state index is -3.39. The Bertz CT molecular complexity index is 737. The van der Waals surface area contributed by atoms with Gasteiger partial charge in [0.1, 0.15) is 17.7 Å². The summed E-state index contributed by atoms with van der Waals surface area (Å²) in [5.74, 6) is 0.666. The normalized spacial score (nSPS) is 18.9. The first-order valence-corrected chi connectivity index (χ1v) is 11.5. The molecule has 2 atom stereocenters. The van der Waals surface area contributed by atoms with Gasteiger partial charge >= 0.3 is 0 Å². The van der Waals surface area contributed by atoms with Crippen molar-refractivity contribution >= 4 is 16.0 Å². The van der Waals surface area contributed by atoms with Crippen molar-refractivity contribution in [3.63, 3.8) is 0 Å². The van der Waals surface area contributed by atoms with Gasteiger partial charge in [-0.2, -0.15) is 0 Å². The largest absolute Gasteiger partial charge is 0.489 e. The van der Waals surface area contributed by atoms with Crippen LogP contribution in [0.15, 0.2) is 29.3 Å². The summed E-state index contributed by atoms with van der Waals surface area (Å²) in [7, 11) is -1.79. The number of ether oxygens (including phenoxy) is 2. The Morgan fingerprint density at radius 2 is 2.07 bits per heavy atom. The molecule has 0 amide bonds. The van der Waals surface area contributed by atoms with Crippen LogP contribution in [0.4, 0.5) is 4.39 Å². The molecule has 0 bridgehead atoms. The lowest BCUT2D eigenvalue weighted by molar-refractivity contribution is 0.0200. The van der Waals surface area contributed by atoms with Gasteiger partial charge in [-0.25, -0.2) is 17.5 Å². The number of nitrogens with one attached hydrogen (secondary N) is 3. The first-order chi connectivity index (χ1) is 13.9. The average Bonchev–Trinajstić information content (AvgIpc) is 2.71. The Kier molecular flexibility index (Phi) is 9.62. The van der Waals surface area contributed by atoms with Gasteiger partial charge in [0, 0.05) is 26.7 Å². The van der Waals surface area contributed by atoms with E-state index in [1.54, 1.807) is 19.2 Å². The second kappa shape index (κ2) is 11.9. The zero-order valence-corrected chi connectivity index (χ0v) is 17.8. The standard InChI is InChI=1S/C19H31FN4O4S/c1-15(28-17-8-6-16(20)7-9-17)13-23-19(21-2)22-10-12-29(25,26)24-14-18-5-3-4-11-27-18/h6-9,15,18,24H,3-5,10-14H2,1-2H3,(H2,21,22,23). The predicted octanol–water partition coefficient (Wildman–Crippen LogP) is 1.25. The van der Waals surface area contributed by atoms with Crippen LogP contribution < -0.4 is 20.1 Å². The quantitative estimate of drug-likeness (QED) is 0.382. The summed E-state index contributed by atoms with van der Waals surface area (Å²) in [6.45, 7) is 3.53. The van der Waals surface area contributed by atoms with Crippen molar-refractivity contribution in [2.45, 2.75) is 38.4 Å². The lowest BCUT2D eigenvalue weighted by atomic mass is 10.1. The zero-order chi connectivity index (χ0) is 21.1. The Hall–Kier alpha value is -1.91. The fourth-order valence-electron chi connectivity index (χ4n) is 2.81. The molecule has 1 aliphatic heterocycles. The fraction of sp³-hybridized carbons (Fsp3) is 0.632. The van der Waals surface area contributed by atoms with Crippen molar-refractivity contribution in [3.05, 3.63) is 30.1 Å². The summed E-state index contributed by atoms with van der Waals surface area (Å²) in [6, 6.07) is 5.81. The summed E-state index contributed by atoms with van der Waals surface area (Å²) < 4.78 is 51.0. The monoisotopic (exact) mass is 430 g/mol. The van der Waals surface area contributed by atoms with Gasteiger partial charge in [-0.05, 0) is 50.5 Å². The average molecular weight is 431 g/mol. The van der Waals surface area contributed by atoms with Gasteiger partial charge in [0.15, 0.2) is 5.96 Å². The summed E-state index contributed by atoms with van der Waals surface area (Å²) in [4.78, 5) is 4.07. The lowest BCUT2D eigenvalue weighted by Crippen LogP contribution is -2.44. The van der Waals surface area contributed by atoms with Crippen LogP contribution in [-0.4, -0.2) is 65.6 Å². The second-order valence-corrected chi connectivity index (χ2v) is 8.84. The second-order valence-electron chi connectivity index (χ2n) is 6.92. The molecule has 1 saturated heterocycles. The first kappa shape index (κ1) is 23.4. The van der Waals surface area contributed by atoms with Crippen LogP contribution >= 0.6 is 0 Å². The molecule has 29 heavy (non-hydrogen) atoms. The Morgan fingerprint density at radius 3 is 2.72 bits per heavy atom. The van der Waals surface area contributed by atoms with Crippen LogP contribution in [0.25, 0.3) is 0 Å². The molecule has 0 saturated carbocycles. The molecule has 8 nitrogen and oxygen atoms in total. The number of hydrogen-bond acceptors (Lipinski definition) is 5. The van der Waals surface area contributed by atoms with Crippen LogP contribution in [0, 0.1) is 5.82 Å². The van der Waals surface area contributed by atoms with E-state index in [9.17, 15) is 12.8 Å². The Labute approximate surface area is 172 Å². The van der Waals surface area contributed by atoms with Gasteiger partial charge in [0.05, 0.1) is 18.4 Å². The Morgan fingerprint density at radius 1 is 1.31 bits per heavy atom. The smallest absolute Gasteiger partial charge is 0.213 e. The number of rotatable bonds is 10. The minimum absolute atomic E-state index is 0.0384. The molecular formula is C19H31FN4O4S. The van der Waals surface area contributed by atoms with Crippen molar-refractivity contribution in [3.8, 4) is 5.75 Å². The molecule has 164 valence electrons. The summed E-state index contributed by atoms with van der Waals surface area (Å²) in [5.41, 5.74) is 0. The van der Waals surface area contributed by atoms with Crippen molar-refractivity contribution in [2.75, 3.05) is 39.0 Å². The third kappa shape index (κ3) is 9.42. The summed E-state index contributed by atoms with van der Waals surface area (Å²) in [6.07, 6.45) is 2.75. The van der Waals surface area contributed by atoms with E-state index in [1.807, 2.05) is 6.92 Å². The number of aliphatic imine (C=N–C) groups is 1. The molecule has 1 fully saturated rings. The number of benzene rings is 1. The first-order valence-electron chi connectivity index (χ1n) is 9.83. The summed E-state index contributed by atoms with van der Waals surface area (Å²) in [5, 5.41) is 6.05. The van der Waals surface area contributed by atoms with Gasteiger partial charge in [0.2, 0.25) is 10.0 Å². The third-order valence-electron chi connectivity index (χ3n) is 4.40. The number of nitrogens with zero attached hydrogens (tertiary/aromatic N) is 1. The molecule has 1 aromatic rings. The van der Waals surface area contributed by atoms with E-state index < -0.39 is 10.0 Å². The molecular weight excluding hydrogens is 399 g/mol. The minimum Gasteiger partial charge on any atom is -0.489 e. The van der Waals surface area contributed by atoms with Gasteiger partial charge in [-0.1, -0.05) is 0 Å².